The van der Waals surface area contributed by atoms with Crippen LogP contribution in [-0.2, 0) is 4.79 Å². The van der Waals surface area contributed by atoms with E-state index in [1.165, 1.54) is 24.6 Å². The van der Waals surface area contributed by atoms with Crippen molar-refractivity contribution in [1.82, 2.24) is 5.32 Å². The van der Waals surface area contributed by atoms with E-state index >= 15 is 0 Å². The first kappa shape index (κ1) is 16.6. The molecule has 24 heavy (non-hydrogen) atoms. The lowest BCUT2D eigenvalue weighted by atomic mass is 10.1. The van der Waals surface area contributed by atoms with E-state index in [9.17, 15) is 4.79 Å². The Balaban J connectivity index is 1.85. The Labute approximate surface area is 145 Å². The third-order valence-electron chi connectivity index (χ3n) is 3.91. The summed E-state index contributed by atoms with van der Waals surface area (Å²) in [6, 6.07) is 3.88. The molecular weight excluding hydrogens is 328 g/mol. The number of carbonyl (C=O) groups excluding carboxylic acids is 1. The fourth-order valence-corrected chi connectivity index (χ4v) is 3.36. The fourth-order valence-electron chi connectivity index (χ4n) is 2.73. The number of thioether (sulfide) groups is 1. The number of nitrogens with one attached hydrogen (secondary N) is 1. The second kappa shape index (κ2) is 7.57. The SMILES string of the molecule is COc1cc(N2CCCC2)c(OC)cc1C=NN=C1NC(=O)CS1. The zero-order chi connectivity index (χ0) is 16.9. The van der Waals surface area contributed by atoms with Crippen LogP contribution in [0.5, 0.6) is 11.5 Å². The fraction of sp³-hybridized carbons (Fsp3) is 0.438. The number of amidine groups is 1. The molecule has 0 bridgehead atoms. The average Bonchev–Trinajstić information content (AvgIpc) is 3.26. The van der Waals surface area contributed by atoms with Crippen LogP contribution in [0.4, 0.5) is 5.69 Å². The van der Waals surface area contributed by atoms with Crippen LogP contribution in [0.3, 0.4) is 0 Å². The molecule has 2 aliphatic heterocycles. The zero-order valence-electron chi connectivity index (χ0n) is 13.7. The number of benzene rings is 1. The van der Waals surface area contributed by atoms with Gasteiger partial charge in [0.2, 0.25) is 5.91 Å². The molecule has 128 valence electrons. The Morgan fingerprint density at radius 1 is 1.21 bits per heavy atom. The number of hydrogen-bond acceptors (Lipinski definition) is 7. The molecule has 1 aromatic carbocycles. The van der Waals surface area contributed by atoms with Gasteiger partial charge >= 0.3 is 0 Å². The zero-order valence-corrected chi connectivity index (χ0v) is 14.6. The van der Waals surface area contributed by atoms with Crippen LogP contribution in [0.25, 0.3) is 0 Å². The predicted octanol–water partition coefficient (Wildman–Crippen LogP) is 1.86. The van der Waals surface area contributed by atoms with Crippen LogP contribution in [-0.4, -0.2) is 50.4 Å². The summed E-state index contributed by atoms with van der Waals surface area (Å²) in [7, 11) is 3.29. The maximum atomic E-state index is 11.1. The van der Waals surface area contributed by atoms with Gasteiger partial charge in [0.1, 0.15) is 11.5 Å². The third kappa shape index (κ3) is 3.64. The van der Waals surface area contributed by atoms with Crippen LogP contribution in [0.1, 0.15) is 18.4 Å². The van der Waals surface area contributed by atoms with Crippen molar-refractivity contribution in [1.29, 1.82) is 0 Å². The molecule has 3 rings (SSSR count). The molecule has 0 aromatic heterocycles. The van der Waals surface area contributed by atoms with Crippen molar-refractivity contribution >= 4 is 34.7 Å². The van der Waals surface area contributed by atoms with Gasteiger partial charge in [-0.25, -0.2) is 0 Å². The molecule has 0 saturated carbocycles. The highest BCUT2D eigenvalue weighted by atomic mass is 32.2. The Bertz CT molecular complexity index is 684. The van der Waals surface area contributed by atoms with E-state index in [4.69, 9.17) is 9.47 Å². The number of ether oxygens (including phenoxy) is 2. The van der Waals surface area contributed by atoms with Crippen molar-refractivity contribution in [2.45, 2.75) is 12.8 Å². The van der Waals surface area contributed by atoms with Gasteiger partial charge in [-0.3, -0.25) is 4.79 Å². The van der Waals surface area contributed by atoms with E-state index in [0.717, 1.165) is 30.1 Å². The maximum absolute atomic E-state index is 11.1. The number of carbonyl (C=O) groups is 1. The average molecular weight is 348 g/mol. The van der Waals surface area contributed by atoms with Crippen molar-refractivity contribution < 1.29 is 14.3 Å². The van der Waals surface area contributed by atoms with Crippen molar-refractivity contribution in [2.75, 3.05) is 38.0 Å². The summed E-state index contributed by atoms with van der Waals surface area (Å²) < 4.78 is 11.0. The Morgan fingerprint density at radius 3 is 2.58 bits per heavy atom. The minimum atomic E-state index is -0.0526. The van der Waals surface area contributed by atoms with Crippen LogP contribution < -0.4 is 19.7 Å². The topological polar surface area (TPSA) is 75.5 Å². The number of anilines is 1. The molecule has 1 aromatic rings. The normalized spacial score (nSPS) is 19.3. The standard InChI is InChI=1S/C16H20N4O3S/c1-22-13-8-12(20-5-3-4-6-20)14(23-2)7-11(13)9-17-19-16-18-15(21)10-24-16/h7-9H,3-6,10H2,1-2H3,(H,18,19,21). The lowest BCUT2D eigenvalue weighted by molar-refractivity contribution is -0.116. The lowest BCUT2D eigenvalue weighted by Gasteiger charge is -2.22. The molecule has 2 fully saturated rings. The van der Waals surface area contributed by atoms with Crippen molar-refractivity contribution in [3.8, 4) is 11.5 Å². The van der Waals surface area contributed by atoms with Gasteiger partial charge in [-0.05, 0) is 18.9 Å². The smallest absolute Gasteiger partial charge is 0.236 e. The van der Waals surface area contributed by atoms with E-state index in [-0.39, 0.29) is 5.91 Å². The summed E-state index contributed by atoms with van der Waals surface area (Å²) in [6.07, 6.45) is 3.98. The highest BCUT2D eigenvalue weighted by Gasteiger charge is 2.19. The van der Waals surface area contributed by atoms with Crippen molar-refractivity contribution in [2.24, 2.45) is 10.2 Å². The van der Waals surface area contributed by atoms with Gasteiger partial charge in [0.05, 0.1) is 31.9 Å². The first-order valence-electron chi connectivity index (χ1n) is 7.76. The summed E-state index contributed by atoms with van der Waals surface area (Å²) >= 11 is 1.34. The van der Waals surface area contributed by atoms with Crippen LogP contribution >= 0.6 is 11.8 Å². The Kier molecular flexibility index (Phi) is 5.24. The molecule has 0 atom stereocenters. The van der Waals surface area contributed by atoms with E-state index < -0.39 is 0 Å². The number of hydrogen-bond donors (Lipinski definition) is 1. The largest absolute Gasteiger partial charge is 0.496 e. The molecule has 2 heterocycles. The molecule has 1 amide bonds. The van der Waals surface area contributed by atoms with Crippen LogP contribution in [0, 0.1) is 0 Å². The number of amides is 1. The monoisotopic (exact) mass is 348 g/mol. The van der Waals surface area contributed by atoms with Gasteiger partial charge in [-0.1, -0.05) is 11.8 Å². The molecule has 1 N–H and O–H groups in total. The molecule has 2 aliphatic rings. The van der Waals surface area contributed by atoms with Gasteiger partial charge < -0.3 is 19.7 Å². The van der Waals surface area contributed by atoms with E-state index in [1.54, 1.807) is 20.4 Å². The summed E-state index contributed by atoms with van der Waals surface area (Å²) in [6.45, 7) is 2.05. The number of nitrogens with zero attached hydrogens (tertiary/aromatic N) is 3. The molecule has 8 heteroatoms. The second-order valence-electron chi connectivity index (χ2n) is 5.45. The molecule has 2 saturated heterocycles. The number of methoxy groups -OCH3 is 2. The van der Waals surface area contributed by atoms with E-state index in [1.807, 2.05) is 12.1 Å². The minimum absolute atomic E-state index is 0.0526. The molecule has 0 unspecified atom stereocenters. The highest BCUT2D eigenvalue weighted by Crippen LogP contribution is 2.36. The molecule has 0 radical (unpaired) electrons. The third-order valence-corrected chi connectivity index (χ3v) is 4.77. The first-order valence-corrected chi connectivity index (χ1v) is 8.74. The van der Waals surface area contributed by atoms with Gasteiger partial charge in [0.15, 0.2) is 5.17 Å². The minimum Gasteiger partial charge on any atom is -0.496 e. The van der Waals surface area contributed by atoms with Crippen molar-refractivity contribution in [3.63, 3.8) is 0 Å². The summed E-state index contributed by atoms with van der Waals surface area (Å²) in [4.78, 5) is 13.4. The summed E-state index contributed by atoms with van der Waals surface area (Å²) in [5, 5.41) is 11.2. The van der Waals surface area contributed by atoms with Crippen LogP contribution in [0.2, 0.25) is 0 Å². The Morgan fingerprint density at radius 2 is 1.96 bits per heavy atom. The Hall–Kier alpha value is -2.22. The van der Waals surface area contributed by atoms with Crippen LogP contribution in [0.15, 0.2) is 22.3 Å². The van der Waals surface area contributed by atoms with Crippen molar-refractivity contribution in [3.05, 3.63) is 17.7 Å². The van der Waals surface area contributed by atoms with E-state index in [0.29, 0.717) is 16.7 Å². The van der Waals surface area contributed by atoms with Gasteiger partial charge in [-0.15, -0.1) is 5.10 Å². The second-order valence-corrected chi connectivity index (χ2v) is 6.41. The van der Waals surface area contributed by atoms with E-state index in [2.05, 4.69) is 20.4 Å². The summed E-state index contributed by atoms with van der Waals surface area (Å²) in [5.41, 5.74) is 1.81. The summed E-state index contributed by atoms with van der Waals surface area (Å²) in [5.74, 6) is 1.83. The first-order chi connectivity index (χ1) is 11.7. The molecule has 0 spiro atoms. The molecular formula is C16H20N4O3S. The maximum Gasteiger partial charge on any atom is 0.236 e. The predicted molar refractivity (Wildman–Crippen MR) is 96.6 cm³/mol. The quantitative estimate of drug-likeness (QED) is 0.649. The van der Waals surface area contributed by atoms with Gasteiger partial charge in [0, 0.05) is 24.7 Å². The van der Waals surface area contributed by atoms with Gasteiger partial charge in [0.25, 0.3) is 0 Å². The number of rotatable bonds is 5. The molecule has 7 nitrogen and oxygen atoms in total. The lowest BCUT2D eigenvalue weighted by Crippen LogP contribution is -2.19. The van der Waals surface area contributed by atoms with Gasteiger partial charge in [-0.2, -0.15) is 5.10 Å². The highest BCUT2D eigenvalue weighted by molar-refractivity contribution is 8.15. The molecule has 0 aliphatic carbocycles.